The van der Waals surface area contributed by atoms with Crippen molar-refractivity contribution in [3.05, 3.63) is 61.3 Å². The molecule has 0 unspecified atom stereocenters. The van der Waals surface area contributed by atoms with Crippen molar-refractivity contribution < 1.29 is 9.72 Å². The van der Waals surface area contributed by atoms with Crippen LogP contribution in [0.25, 0.3) is 11.3 Å². The van der Waals surface area contributed by atoms with Gasteiger partial charge < -0.3 is 0 Å². The van der Waals surface area contributed by atoms with Crippen LogP contribution in [0.15, 0.2) is 29.6 Å². The summed E-state index contributed by atoms with van der Waals surface area (Å²) in [5.41, 5.74) is 5.34. The molecule has 3 rings (SSSR count). The lowest BCUT2D eigenvalue weighted by atomic mass is 9.98. The van der Waals surface area contributed by atoms with E-state index >= 15 is 0 Å². The molecule has 0 aliphatic rings. The van der Waals surface area contributed by atoms with E-state index in [4.69, 9.17) is 0 Å². The van der Waals surface area contributed by atoms with E-state index in [0.29, 0.717) is 5.13 Å². The van der Waals surface area contributed by atoms with Crippen molar-refractivity contribution in [2.75, 3.05) is 5.32 Å². The maximum Gasteiger partial charge on any atom is 0.324 e. The summed E-state index contributed by atoms with van der Waals surface area (Å²) in [6.45, 7) is 6.13. The lowest BCUT2D eigenvalue weighted by molar-refractivity contribution is -0.380. The van der Waals surface area contributed by atoms with E-state index in [1.54, 1.807) is 0 Å². The highest BCUT2D eigenvalue weighted by Gasteiger charge is 2.17. The molecule has 1 N–H and O–H groups in total. The van der Waals surface area contributed by atoms with Gasteiger partial charge in [-0.05, 0) is 38.0 Å². The minimum Gasteiger partial charge on any atom is -0.297 e. The van der Waals surface area contributed by atoms with Gasteiger partial charge in [0, 0.05) is 17.0 Å². The zero-order valence-corrected chi connectivity index (χ0v) is 15.5. The van der Waals surface area contributed by atoms with Gasteiger partial charge in [0.15, 0.2) is 5.13 Å². The first-order valence-corrected chi connectivity index (χ1v) is 9.14. The summed E-state index contributed by atoms with van der Waals surface area (Å²) < 4.78 is 0. The maximum atomic E-state index is 12.2. The minimum atomic E-state index is -0.508. The van der Waals surface area contributed by atoms with Crippen LogP contribution in [0.3, 0.4) is 0 Å². The first-order chi connectivity index (χ1) is 11.8. The van der Waals surface area contributed by atoms with E-state index in [2.05, 4.69) is 29.4 Å². The Bertz CT molecular complexity index is 952. The number of benzene rings is 1. The van der Waals surface area contributed by atoms with Gasteiger partial charge in [0.25, 0.3) is 5.91 Å². The SMILES string of the molecule is Cc1cc(C)c(-c2csc(NC(=O)c3ccc([N+](=O)[O-])s3)n2)c(C)c1. The number of aromatic nitrogens is 1. The van der Waals surface area contributed by atoms with Crippen LogP contribution < -0.4 is 5.32 Å². The predicted octanol–water partition coefficient (Wildman–Crippen LogP) is 4.96. The van der Waals surface area contributed by atoms with Crippen LogP contribution in [-0.4, -0.2) is 15.8 Å². The smallest absolute Gasteiger partial charge is 0.297 e. The number of hydrogen-bond donors (Lipinski definition) is 1. The summed E-state index contributed by atoms with van der Waals surface area (Å²) in [5, 5.41) is 15.7. The highest BCUT2D eigenvalue weighted by atomic mass is 32.1. The second kappa shape index (κ2) is 6.73. The van der Waals surface area contributed by atoms with Gasteiger partial charge in [-0.3, -0.25) is 20.2 Å². The summed E-state index contributed by atoms with van der Waals surface area (Å²) >= 11 is 2.17. The third-order valence-electron chi connectivity index (χ3n) is 3.65. The van der Waals surface area contributed by atoms with E-state index in [0.717, 1.165) is 33.7 Å². The molecule has 2 heterocycles. The number of nitro groups is 1. The van der Waals surface area contributed by atoms with Crippen molar-refractivity contribution in [1.82, 2.24) is 4.98 Å². The number of rotatable bonds is 4. The molecule has 0 saturated heterocycles. The van der Waals surface area contributed by atoms with E-state index in [1.165, 1.54) is 29.0 Å². The Kier molecular flexibility index (Phi) is 4.65. The fourth-order valence-electron chi connectivity index (χ4n) is 2.74. The van der Waals surface area contributed by atoms with Crippen molar-refractivity contribution in [3.63, 3.8) is 0 Å². The summed E-state index contributed by atoms with van der Waals surface area (Å²) in [6.07, 6.45) is 0. The van der Waals surface area contributed by atoms with Gasteiger partial charge >= 0.3 is 5.00 Å². The second-order valence-corrected chi connectivity index (χ2v) is 7.58. The summed E-state index contributed by atoms with van der Waals surface area (Å²) in [4.78, 5) is 27.2. The molecule has 0 aliphatic carbocycles. The molecule has 1 amide bonds. The van der Waals surface area contributed by atoms with Crippen LogP contribution in [0.2, 0.25) is 0 Å². The van der Waals surface area contributed by atoms with Crippen LogP contribution in [0.5, 0.6) is 0 Å². The summed E-state index contributed by atoms with van der Waals surface area (Å²) in [6, 6.07) is 6.97. The monoisotopic (exact) mass is 373 g/mol. The second-order valence-electron chi connectivity index (χ2n) is 5.66. The Labute approximate surface area is 152 Å². The first-order valence-electron chi connectivity index (χ1n) is 7.44. The molecule has 0 bridgehead atoms. The Morgan fingerprint density at radius 3 is 2.48 bits per heavy atom. The first kappa shape index (κ1) is 17.2. The third-order valence-corrected chi connectivity index (χ3v) is 5.45. The Morgan fingerprint density at radius 2 is 1.88 bits per heavy atom. The fraction of sp³-hybridized carbons (Fsp3) is 0.176. The quantitative estimate of drug-likeness (QED) is 0.517. The zero-order chi connectivity index (χ0) is 18.1. The largest absolute Gasteiger partial charge is 0.324 e. The molecule has 6 nitrogen and oxygen atoms in total. The third kappa shape index (κ3) is 3.59. The number of carbonyl (C=O) groups excluding carboxylic acids is 1. The number of amides is 1. The fourth-order valence-corrected chi connectivity index (χ4v) is 4.15. The number of hydrogen-bond acceptors (Lipinski definition) is 6. The van der Waals surface area contributed by atoms with E-state index in [-0.39, 0.29) is 9.88 Å². The number of aryl methyl sites for hydroxylation is 3. The number of carbonyl (C=O) groups is 1. The molecule has 0 aliphatic heterocycles. The Hall–Kier alpha value is -2.58. The molecule has 0 radical (unpaired) electrons. The van der Waals surface area contributed by atoms with Crippen LogP contribution >= 0.6 is 22.7 Å². The number of nitrogens with one attached hydrogen (secondary N) is 1. The molecule has 0 fully saturated rings. The maximum absolute atomic E-state index is 12.2. The number of thiophene rings is 1. The average molecular weight is 373 g/mol. The molecule has 3 aromatic rings. The Balaban J connectivity index is 1.82. The van der Waals surface area contributed by atoms with Crippen molar-refractivity contribution in [1.29, 1.82) is 0 Å². The zero-order valence-electron chi connectivity index (χ0n) is 13.8. The van der Waals surface area contributed by atoms with Gasteiger partial charge in [-0.25, -0.2) is 4.98 Å². The average Bonchev–Trinajstić information content (AvgIpc) is 3.15. The van der Waals surface area contributed by atoms with Crippen LogP contribution in [0, 0.1) is 30.9 Å². The van der Waals surface area contributed by atoms with Gasteiger partial charge in [0.05, 0.1) is 15.5 Å². The number of nitrogens with zero attached hydrogens (tertiary/aromatic N) is 2. The molecular formula is C17H15N3O3S2. The molecular weight excluding hydrogens is 358 g/mol. The lowest BCUT2D eigenvalue weighted by Gasteiger charge is -2.08. The van der Waals surface area contributed by atoms with E-state index in [1.807, 2.05) is 19.2 Å². The van der Waals surface area contributed by atoms with E-state index < -0.39 is 10.8 Å². The van der Waals surface area contributed by atoms with Gasteiger partial charge in [0.1, 0.15) is 0 Å². The summed E-state index contributed by atoms with van der Waals surface area (Å²) in [5.74, 6) is -0.392. The van der Waals surface area contributed by atoms with Gasteiger partial charge in [-0.15, -0.1) is 11.3 Å². The molecule has 2 aromatic heterocycles. The Morgan fingerprint density at radius 1 is 1.20 bits per heavy atom. The van der Waals surface area contributed by atoms with Crippen molar-refractivity contribution in [3.8, 4) is 11.3 Å². The van der Waals surface area contributed by atoms with Crippen molar-refractivity contribution >= 4 is 38.7 Å². The lowest BCUT2D eigenvalue weighted by Crippen LogP contribution is -2.09. The predicted molar refractivity (Wildman–Crippen MR) is 101 cm³/mol. The highest BCUT2D eigenvalue weighted by molar-refractivity contribution is 7.17. The van der Waals surface area contributed by atoms with Crippen molar-refractivity contribution in [2.45, 2.75) is 20.8 Å². The summed E-state index contributed by atoms with van der Waals surface area (Å²) in [7, 11) is 0. The molecule has 0 saturated carbocycles. The molecule has 8 heteroatoms. The molecule has 25 heavy (non-hydrogen) atoms. The van der Waals surface area contributed by atoms with Crippen molar-refractivity contribution in [2.24, 2.45) is 0 Å². The topological polar surface area (TPSA) is 85.1 Å². The van der Waals surface area contributed by atoms with Crippen LogP contribution in [0.1, 0.15) is 26.4 Å². The molecule has 128 valence electrons. The van der Waals surface area contributed by atoms with Gasteiger partial charge in [-0.2, -0.15) is 0 Å². The van der Waals surface area contributed by atoms with Gasteiger partial charge in [-0.1, -0.05) is 29.0 Å². The number of thiazole rings is 1. The molecule has 1 aromatic carbocycles. The minimum absolute atomic E-state index is 0.0594. The van der Waals surface area contributed by atoms with Crippen LogP contribution in [0.4, 0.5) is 10.1 Å². The molecule has 0 atom stereocenters. The van der Waals surface area contributed by atoms with Crippen LogP contribution in [-0.2, 0) is 0 Å². The normalized spacial score (nSPS) is 10.7. The highest BCUT2D eigenvalue weighted by Crippen LogP contribution is 2.31. The van der Waals surface area contributed by atoms with Gasteiger partial charge in [0.2, 0.25) is 0 Å². The standard InChI is InChI=1S/C17H15N3O3S2/c1-9-6-10(2)15(11(3)7-9)12-8-24-17(18-12)19-16(21)13-4-5-14(25-13)20(22)23/h4-8H,1-3H3,(H,18,19,21). The number of anilines is 1. The van der Waals surface area contributed by atoms with E-state index in [9.17, 15) is 14.9 Å². The molecule has 0 spiro atoms.